The molecule has 0 saturated carbocycles. The maximum Gasteiger partial charge on any atom is 0.263 e. The number of ether oxygens (including phenoxy) is 1. The number of carbonyl (C=O) groups excluding carboxylic acids is 1. The van der Waals surface area contributed by atoms with Crippen LogP contribution in [-0.2, 0) is 16.4 Å². The molecule has 0 radical (unpaired) electrons. The number of fused-ring (bicyclic) bond motifs is 1. The number of rotatable bonds is 6. The van der Waals surface area contributed by atoms with Gasteiger partial charge < -0.3 is 9.64 Å². The SMILES string of the molecule is CCOc1ccc(C(=O)N2CCCc3cc(S(=O)(=O)Nc4nnc(C)s4)ccc32)cc1. The van der Waals surface area contributed by atoms with Crippen LogP contribution in [0.3, 0.4) is 0 Å². The van der Waals surface area contributed by atoms with Crippen LogP contribution in [0.4, 0.5) is 10.8 Å². The van der Waals surface area contributed by atoms with Crippen molar-refractivity contribution in [3.8, 4) is 5.75 Å². The van der Waals surface area contributed by atoms with E-state index in [9.17, 15) is 13.2 Å². The summed E-state index contributed by atoms with van der Waals surface area (Å²) in [6.45, 7) is 4.80. The average molecular weight is 459 g/mol. The van der Waals surface area contributed by atoms with Crippen LogP contribution in [0.2, 0.25) is 0 Å². The second kappa shape index (κ2) is 8.64. The molecule has 1 aliphatic heterocycles. The number of anilines is 2. The zero-order valence-corrected chi connectivity index (χ0v) is 18.8. The van der Waals surface area contributed by atoms with E-state index in [1.165, 1.54) is 17.4 Å². The molecule has 0 spiro atoms. The van der Waals surface area contributed by atoms with Crippen molar-refractivity contribution in [3.05, 3.63) is 58.6 Å². The molecule has 0 bridgehead atoms. The van der Waals surface area contributed by atoms with Gasteiger partial charge in [0.05, 0.1) is 11.5 Å². The van der Waals surface area contributed by atoms with Crippen molar-refractivity contribution in [2.24, 2.45) is 0 Å². The van der Waals surface area contributed by atoms with Gasteiger partial charge in [0, 0.05) is 17.8 Å². The average Bonchev–Trinajstić information content (AvgIpc) is 3.17. The van der Waals surface area contributed by atoms with Gasteiger partial charge in [-0.15, -0.1) is 10.2 Å². The lowest BCUT2D eigenvalue weighted by molar-refractivity contribution is 0.0985. The van der Waals surface area contributed by atoms with Crippen molar-refractivity contribution in [1.29, 1.82) is 0 Å². The molecule has 10 heteroatoms. The van der Waals surface area contributed by atoms with E-state index in [1.54, 1.807) is 48.2 Å². The molecule has 3 aromatic rings. The van der Waals surface area contributed by atoms with Crippen molar-refractivity contribution >= 4 is 38.1 Å². The Bertz CT molecular complexity index is 1210. The molecule has 8 nitrogen and oxygen atoms in total. The number of nitrogens with one attached hydrogen (secondary N) is 1. The van der Waals surface area contributed by atoms with Crippen LogP contribution in [0.25, 0.3) is 0 Å². The molecule has 2 heterocycles. The fourth-order valence-electron chi connectivity index (χ4n) is 3.48. The lowest BCUT2D eigenvalue weighted by atomic mass is 10.0. The summed E-state index contributed by atoms with van der Waals surface area (Å²) in [6.07, 6.45) is 1.45. The third-order valence-electron chi connectivity index (χ3n) is 4.89. The first-order chi connectivity index (χ1) is 14.9. The second-order valence-corrected chi connectivity index (χ2v) is 9.90. The Balaban J connectivity index is 1.58. The van der Waals surface area contributed by atoms with E-state index in [0.717, 1.165) is 17.7 Å². The third kappa shape index (κ3) is 4.54. The summed E-state index contributed by atoms with van der Waals surface area (Å²) in [5.74, 6) is 0.591. The summed E-state index contributed by atoms with van der Waals surface area (Å²) in [7, 11) is -3.79. The largest absolute Gasteiger partial charge is 0.494 e. The molecule has 1 N–H and O–H groups in total. The molecule has 0 unspecified atom stereocenters. The van der Waals surface area contributed by atoms with Crippen molar-refractivity contribution in [2.45, 2.75) is 31.6 Å². The second-order valence-electron chi connectivity index (χ2n) is 7.04. The van der Waals surface area contributed by atoms with Crippen molar-refractivity contribution in [2.75, 3.05) is 22.8 Å². The zero-order chi connectivity index (χ0) is 22.0. The number of aryl methyl sites for hydroxylation is 2. The smallest absolute Gasteiger partial charge is 0.263 e. The van der Waals surface area contributed by atoms with Gasteiger partial charge in [-0.2, -0.15) is 0 Å². The first-order valence-corrected chi connectivity index (χ1v) is 12.2. The van der Waals surface area contributed by atoms with E-state index in [1.807, 2.05) is 6.92 Å². The van der Waals surface area contributed by atoms with Gasteiger partial charge in [0.25, 0.3) is 15.9 Å². The van der Waals surface area contributed by atoms with E-state index in [-0.39, 0.29) is 15.9 Å². The van der Waals surface area contributed by atoms with Crippen molar-refractivity contribution < 1.29 is 17.9 Å². The molecule has 1 aliphatic rings. The lowest BCUT2D eigenvalue weighted by Crippen LogP contribution is -2.35. The van der Waals surface area contributed by atoms with E-state index >= 15 is 0 Å². The standard InChI is InChI=1S/C21H22N4O4S2/c1-3-29-17-8-6-15(7-9-17)20(26)25-12-4-5-16-13-18(10-11-19(16)25)31(27,28)24-21-23-22-14(2)30-21/h6-11,13H,3-5,12H2,1-2H3,(H,23,24). The highest BCUT2D eigenvalue weighted by Crippen LogP contribution is 2.31. The van der Waals surface area contributed by atoms with Crippen LogP contribution in [0.5, 0.6) is 5.75 Å². The zero-order valence-electron chi connectivity index (χ0n) is 17.2. The van der Waals surface area contributed by atoms with Gasteiger partial charge in [0.1, 0.15) is 10.8 Å². The molecule has 2 aromatic carbocycles. The van der Waals surface area contributed by atoms with Gasteiger partial charge in [-0.3, -0.25) is 9.52 Å². The van der Waals surface area contributed by atoms with Gasteiger partial charge in [0.15, 0.2) is 0 Å². The molecule has 1 amide bonds. The number of aromatic nitrogens is 2. The molecule has 0 saturated heterocycles. The van der Waals surface area contributed by atoms with Crippen LogP contribution in [0.1, 0.15) is 34.3 Å². The molecule has 0 fully saturated rings. The van der Waals surface area contributed by atoms with E-state index < -0.39 is 10.0 Å². The van der Waals surface area contributed by atoms with Crippen LogP contribution in [-0.4, -0.2) is 37.7 Å². The normalized spacial score (nSPS) is 13.5. The number of nitrogens with zero attached hydrogens (tertiary/aromatic N) is 3. The molecule has 1 aromatic heterocycles. The van der Waals surface area contributed by atoms with Crippen LogP contribution in [0.15, 0.2) is 47.4 Å². The van der Waals surface area contributed by atoms with Gasteiger partial charge in [-0.25, -0.2) is 8.42 Å². The van der Waals surface area contributed by atoms with Gasteiger partial charge >= 0.3 is 0 Å². The molecular weight excluding hydrogens is 436 g/mol. The summed E-state index contributed by atoms with van der Waals surface area (Å²) in [5.41, 5.74) is 2.11. The number of carbonyl (C=O) groups is 1. The molecule has 162 valence electrons. The van der Waals surface area contributed by atoms with Gasteiger partial charge in [0.2, 0.25) is 5.13 Å². The quantitative estimate of drug-likeness (QED) is 0.605. The Kier molecular flexibility index (Phi) is 5.92. The van der Waals surface area contributed by atoms with Crippen molar-refractivity contribution in [1.82, 2.24) is 10.2 Å². The predicted molar refractivity (Wildman–Crippen MR) is 120 cm³/mol. The summed E-state index contributed by atoms with van der Waals surface area (Å²) in [4.78, 5) is 14.9. The number of sulfonamides is 1. The highest BCUT2D eigenvalue weighted by molar-refractivity contribution is 7.93. The fourth-order valence-corrected chi connectivity index (χ4v) is 5.35. The van der Waals surface area contributed by atoms with Crippen LogP contribution in [0, 0.1) is 6.92 Å². The summed E-state index contributed by atoms with van der Waals surface area (Å²) < 4.78 is 33.4. The van der Waals surface area contributed by atoms with Gasteiger partial charge in [-0.05, 0) is 74.7 Å². The monoisotopic (exact) mass is 458 g/mol. The van der Waals surface area contributed by atoms with E-state index in [4.69, 9.17) is 4.74 Å². The minimum Gasteiger partial charge on any atom is -0.494 e. The molecule has 31 heavy (non-hydrogen) atoms. The summed E-state index contributed by atoms with van der Waals surface area (Å²) in [5, 5.41) is 8.54. The molecular formula is C21H22N4O4S2. The van der Waals surface area contributed by atoms with Crippen molar-refractivity contribution in [3.63, 3.8) is 0 Å². The first-order valence-electron chi connectivity index (χ1n) is 9.88. The predicted octanol–water partition coefficient (Wildman–Crippen LogP) is 3.64. The number of hydrogen-bond donors (Lipinski definition) is 1. The Morgan fingerprint density at radius 2 is 1.97 bits per heavy atom. The first kappa shape index (κ1) is 21.3. The van der Waals surface area contributed by atoms with E-state index in [2.05, 4.69) is 14.9 Å². The number of benzene rings is 2. The highest BCUT2D eigenvalue weighted by atomic mass is 32.2. The third-order valence-corrected chi connectivity index (χ3v) is 7.10. The van der Waals surface area contributed by atoms with Crippen LogP contribution < -0.4 is 14.4 Å². The summed E-state index contributed by atoms with van der Waals surface area (Å²) in [6, 6.07) is 11.9. The van der Waals surface area contributed by atoms with Crippen LogP contribution >= 0.6 is 11.3 Å². The Morgan fingerprint density at radius 3 is 2.65 bits per heavy atom. The summed E-state index contributed by atoms with van der Waals surface area (Å²) >= 11 is 1.17. The molecule has 0 aliphatic carbocycles. The minimum atomic E-state index is -3.79. The maximum atomic E-state index is 13.1. The van der Waals surface area contributed by atoms with E-state index in [0.29, 0.717) is 35.9 Å². The topological polar surface area (TPSA) is 101 Å². The number of hydrogen-bond acceptors (Lipinski definition) is 7. The lowest BCUT2D eigenvalue weighted by Gasteiger charge is -2.30. The highest BCUT2D eigenvalue weighted by Gasteiger charge is 2.26. The Hall–Kier alpha value is -2.98. The fraction of sp³-hybridized carbons (Fsp3) is 0.286. The molecule has 4 rings (SSSR count). The minimum absolute atomic E-state index is 0.123. The maximum absolute atomic E-state index is 13.1. The Morgan fingerprint density at radius 1 is 1.19 bits per heavy atom. The molecule has 0 atom stereocenters. The number of amides is 1. The Labute approximate surface area is 184 Å². The van der Waals surface area contributed by atoms with Gasteiger partial charge in [-0.1, -0.05) is 11.3 Å².